The third kappa shape index (κ3) is 6.02. The van der Waals surface area contributed by atoms with Crippen LogP contribution < -0.4 is 0 Å². The molecule has 0 aliphatic rings. The molecule has 0 rings (SSSR count). The lowest BCUT2D eigenvalue weighted by Gasteiger charge is -1.97. The van der Waals surface area contributed by atoms with Crippen molar-refractivity contribution >= 4 is 7.85 Å². The minimum atomic E-state index is 0.643. The Morgan fingerprint density at radius 1 is 1.38 bits per heavy atom. The summed E-state index contributed by atoms with van der Waals surface area (Å²) in [7, 11) is 5.19. The van der Waals surface area contributed by atoms with Crippen LogP contribution in [0.25, 0.3) is 0 Å². The van der Waals surface area contributed by atoms with E-state index in [2.05, 4.69) is 6.92 Å². The number of unbranched alkanes of at least 4 members (excludes halogenated alkanes) is 1. The van der Waals surface area contributed by atoms with Gasteiger partial charge in [-0.05, 0) is 6.42 Å². The van der Waals surface area contributed by atoms with Crippen LogP contribution in [0.15, 0.2) is 0 Å². The minimum Gasteiger partial charge on any atom is -0.382 e. The van der Waals surface area contributed by atoms with E-state index in [4.69, 9.17) is 12.6 Å². The summed E-state index contributed by atoms with van der Waals surface area (Å²) < 4.78 is 5.10. The van der Waals surface area contributed by atoms with Gasteiger partial charge in [-0.25, -0.2) is 0 Å². The molecule has 0 bridgehead atoms. The Kier molecular flexibility index (Phi) is 7.05. The summed E-state index contributed by atoms with van der Waals surface area (Å²) in [6.45, 7) is 3.72. The lowest BCUT2D eigenvalue weighted by molar-refractivity contribution is 0.145. The van der Waals surface area contributed by atoms with Crippen molar-refractivity contribution in [3.05, 3.63) is 0 Å². The quantitative estimate of drug-likeness (QED) is 0.385. The van der Waals surface area contributed by atoms with Gasteiger partial charge in [0.15, 0.2) is 0 Å². The first kappa shape index (κ1) is 8.02. The van der Waals surface area contributed by atoms with Gasteiger partial charge in [-0.2, -0.15) is 0 Å². The van der Waals surface area contributed by atoms with Crippen LogP contribution in [-0.4, -0.2) is 21.1 Å². The molecule has 8 heavy (non-hydrogen) atoms. The van der Waals surface area contributed by atoms with E-state index in [-0.39, 0.29) is 0 Å². The van der Waals surface area contributed by atoms with Crippen LogP contribution in [0.1, 0.15) is 19.8 Å². The van der Waals surface area contributed by atoms with E-state index in [1.165, 1.54) is 6.42 Å². The van der Waals surface area contributed by atoms with Gasteiger partial charge in [0.25, 0.3) is 0 Å². The van der Waals surface area contributed by atoms with Crippen molar-refractivity contribution in [3.8, 4) is 0 Å². The predicted octanol–water partition coefficient (Wildman–Crippen LogP) is 1.39. The van der Waals surface area contributed by atoms with Crippen molar-refractivity contribution in [3.63, 3.8) is 0 Å². The number of ether oxygens (including phenoxy) is 1. The van der Waals surface area contributed by atoms with Gasteiger partial charge in [-0.1, -0.05) is 19.7 Å². The lowest BCUT2D eigenvalue weighted by atomic mass is 10.1. The fourth-order valence-corrected chi connectivity index (χ4v) is 0.432. The fraction of sp³-hybridized carbons (Fsp3) is 1.00. The van der Waals surface area contributed by atoms with Crippen LogP contribution in [0.5, 0.6) is 0 Å². The maximum Gasteiger partial charge on any atom is 0.0684 e. The number of rotatable bonds is 5. The first-order chi connectivity index (χ1) is 3.91. The SMILES string of the molecule is [B]CCOCCCC. The molecular weight excluding hydrogens is 98.9 g/mol. The van der Waals surface area contributed by atoms with Crippen molar-refractivity contribution in [2.45, 2.75) is 26.1 Å². The Labute approximate surface area is 52.8 Å². The largest absolute Gasteiger partial charge is 0.382 e. The van der Waals surface area contributed by atoms with Gasteiger partial charge in [-0.15, -0.1) is 0 Å². The molecule has 0 aliphatic carbocycles. The van der Waals surface area contributed by atoms with Gasteiger partial charge in [0.05, 0.1) is 7.85 Å². The van der Waals surface area contributed by atoms with E-state index in [1.54, 1.807) is 0 Å². The fourth-order valence-electron chi connectivity index (χ4n) is 0.432. The molecule has 0 aromatic heterocycles. The van der Waals surface area contributed by atoms with Crippen molar-refractivity contribution in [2.75, 3.05) is 13.2 Å². The van der Waals surface area contributed by atoms with Crippen molar-refractivity contribution in [2.24, 2.45) is 0 Å². The Bertz CT molecular complexity index is 33.5. The van der Waals surface area contributed by atoms with Gasteiger partial charge < -0.3 is 4.74 Å². The summed E-state index contributed by atoms with van der Waals surface area (Å²) in [5, 5.41) is 0. The third-order valence-electron chi connectivity index (χ3n) is 0.904. The minimum absolute atomic E-state index is 0.643. The molecule has 2 radical (unpaired) electrons. The van der Waals surface area contributed by atoms with E-state index in [0.29, 0.717) is 12.9 Å². The number of hydrogen-bond acceptors (Lipinski definition) is 1. The highest BCUT2D eigenvalue weighted by Crippen LogP contribution is 1.87. The predicted molar refractivity (Wildman–Crippen MR) is 36.3 cm³/mol. The molecule has 0 atom stereocenters. The lowest BCUT2D eigenvalue weighted by Crippen LogP contribution is -1.94. The second-order valence-corrected chi connectivity index (χ2v) is 1.75. The zero-order valence-electron chi connectivity index (χ0n) is 5.52. The molecule has 0 aromatic rings. The molecule has 46 valence electrons. The summed E-state index contributed by atoms with van der Waals surface area (Å²) >= 11 is 0. The van der Waals surface area contributed by atoms with Crippen molar-refractivity contribution in [1.82, 2.24) is 0 Å². The molecule has 0 saturated heterocycles. The molecule has 1 nitrogen and oxygen atoms in total. The highest BCUT2D eigenvalue weighted by molar-refractivity contribution is 6.08. The van der Waals surface area contributed by atoms with Crippen LogP contribution >= 0.6 is 0 Å². The van der Waals surface area contributed by atoms with Crippen molar-refractivity contribution < 1.29 is 4.74 Å². The molecule has 0 heterocycles. The average Bonchev–Trinajstić information content (AvgIpc) is 1.81. The normalized spacial score (nSPS) is 9.62. The van der Waals surface area contributed by atoms with E-state index < -0.39 is 0 Å². The van der Waals surface area contributed by atoms with Gasteiger partial charge in [0, 0.05) is 13.2 Å². The van der Waals surface area contributed by atoms with Crippen LogP contribution in [0, 0.1) is 0 Å². The first-order valence-electron chi connectivity index (χ1n) is 3.19. The van der Waals surface area contributed by atoms with Gasteiger partial charge >= 0.3 is 0 Å². The van der Waals surface area contributed by atoms with Gasteiger partial charge in [0.1, 0.15) is 0 Å². The third-order valence-corrected chi connectivity index (χ3v) is 0.904. The van der Waals surface area contributed by atoms with E-state index in [0.717, 1.165) is 13.0 Å². The molecular formula is C6H13BO. The second kappa shape index (κ2) is 7.02. The summed E-state index contributed by atoms with van der Waals surface area (Å²) in [5.74, 6) is 0. The van der Waals surface area contributed by atoms with E-state index >= 15 is 0 Å². The smallest absolute Gasteiger partial charge is 0.0684 e. The molecule has 0 amide bonds. The molecule has 0 aliphatic heterocycles. The Morgan fingerprint density at radius 3 is 2.62 bits per heavy atom. The van der Waals surface area contributed by atoms with E-state index in [1.807, 2.05) is 0 Å². The number of hydrogen-bond donors (Lipinski definition) is 0. The van der Waals surface area contributed by atoms with Gasteiger partial charge in [-0.3, -0.25) is 0 Å². The van der Waals surface area contributed by atoms with Gasteiger partial charge in [0.2, 0.25) is 0 Å². The summed E-state index contributed by atoms with van der Waals surface area (Å²) in [6.07, 6.45) is 2.99. The van der Waals surface area contributed by atoms with Crippen LogP contribution in [0.3, 0.4) is 0 Å². The Hall–Kier alpha value is 0.0249. The summed E-state index contributed by atoms with van der Waals surface area (Å²) in [4.78, 5) is 0. The molecule has 0 aromatic carbocycles. The molecule has 0 spiro atoms. The average molecular weight is 112 g/mol. The zero-order valence-corrected chi connectivity index (χ0v) is 5.52. The molecule has 0 N–H and O–H groups in total. The van der Waals surface area contributed by atoms with Crippen LogP contribution in [-0.2, 0) is 4.74 Å². The topological polar surface area (TPSA) is 9.23 Å². The molecule has 0 unspecified atom stereocenters. The van der Waals surface area contributed by atoms with E-state index in [9.17, 15) is 0 Å². The Morgan fingerprint density at radius 2 is 2.12 bits per heavy atom. The summed E-state index contributed by atoms with van der Waals surface area (Å²) in [6, 6.07) is 0. The zero-order chi connectivity index (χ0) is 6.24. The Balaban J connectivity index is 2.53. The highest BCUT2D eigenvalue weighted by Gasteiger charge is 1.81. The standard InChI is InChI=1S/C6H13BO/c1-2-3-5-8-6-4-7/h2-6H2,1H3. The van der Waals surface area contributed by atoms with Crippen molar-refractivity contribution in [1.29, 1.82) is 0 Å². The monoisotopic (exact) mass is 112 g/mol. The second-order valence-electron chi connectivity index (χ2n) is 1.75. The molecule has 0 saturated carbocycles. The van der Waals surface area contributed by atoms with Crippen LogP contribution in [0.2, 0.25) is 6.32 Å². The first-order valence-corrected chi connectivity index (χ1v) is 3.19. The summed E-state index contributed by atoms with van der Waals surface area (Å²) in [5.41, 5.74) is 0. The van der Waals surface area contributed by atoms with Crippen LogP contribution in [0.4, 0.5) is 0 Å². The maximum absolute atomic E-state index is 5.19. The maximum atomic E-state index is 5.19. The highest BCUT2D eigenvalue weighted by atomic mass is 16.5. The molecule has 2 heteroatoms. The molecule has 0 fully saturated rings.